The van der Waals surface area contributed by atoms with Crippen LogP contribution in [0.2, 0.25) is 0 Å². The molecule has 0 unspecified atom stereocenters. The first-order valence-electron chi connectivity index (χ1n) is 5.20. The largest absolute Gasteiger partial charge is 0.383 e. The number of carbonyl (C=O) groups is 1. The summed E-state index contributed by atoms with van der Waals surface area (Å²) in [4.78, 5) is 13.3. The predicted molar refractivity (Wildman–Crippen MR) is 61.3 cm³/mol. The van der Waals surface area contributed by atoms with Gasteiger partial charge in [0.1, 0.15) is 6.61 Å². The van der Waals surface area contributed by atoms with Crippen molar-refractivity contribution in [3.05, 3.63) is 12.7 Å². The first-order chi connectivity index (χ1) is 7.76. The molecule has 0 aliphatic heterocycles. The fourth-order valence-electron chi connectivity index (χ4n) is 1.07. The van der Waals surface area contributed by atoms with Crippen molar-refractivity contribution in [2.45, 2.75) is 0 Å². The third-order valence-electron chi connectivity index (χ3n) is 1.92. The van der Waals surface area contributed by atoms with Gasteiger partial charge in [0.2, 0.25) is 5.91 Å². The quantitative estimate of drug-likeness (QED) is 0.401. The van der Waals surface area contributed by atoms with Crippen molar-refractivity contribution in [1.29, 1.82) is 0 Å². The van der Waals surface area contributed by atoms with Crippen LogP contribution in [0, 0.1) is 0 Å². The Labute approximate surface area is 97.0 Å². The van der Waals surface area contributed by atoms with Crippen molar-refractivity contribution in [1.82, 2.24) is 4.90 Å². The Hall–Kier alpha value is -0.910. The van der Waals surface area contributed by atoms with Crippen molar-refractivity contribution in [3.63, 3.8) is 0 Å². The Morgan fingerprint density at radius 1 is 1.25 bits per heavy atom. The van der Waals surface area contributed by atoms with E-state index in [4.69, 9.17) is 14.2 Å². The van der Waals surface area contributed by atoms with Crippen molar-refractivity contribution in [2.24, 2.45) is 0 Å². The lowest BCUT2D eigenvalue weighted by Gasteiger charge is -2.20. The van der Waals surface area contributed by atoms with Crippen LogP contribution in [-0.2, 0) is 19.0 Å². The molecule has 1 amide bonds. The summed E-state index contributed by atoms with van der Waals surface area (Å²) in [7, 11) is 3.19. The van der Waals surface area contributed by atoms with E-state index < -0.39 is 0 Å². The minimum atomic E-state index is -0.0620. The van der Waals surface area contributed by atoms with E-state index in [1.165, 1.54) is 0 Å². The number of methoxy groups -OCH3 is 2. The molecule has 0 saturated carbocycles. The standard InChI is InChI=1S/C11H21NO4/c1-4-5-12(6-7-14-2)11(13)10-16-9-8-15-3/h4H,1,5-10H2,2-3H3. The summed E-state index contributed by atoms with van der Waals surface area (Å²) in [5.74, 6) is -0.0620. The number of carbonyl (C=O) groups excluding carboxylic acids is 1. The van der Waals surface area contributed by atoms with Crippen molar-refractivity contribution in [3.8, 4) is 0 Å². The van der Waals surface area contributed by atoms with Gasteiger partial charge in [0.05, 0.1) is 19.8 Å². The Bertz CT molecular complexity index is 196. The third kappa shape index (κ3) is 7.39. The van der Waals surface area contributed by atoms with E-state index in [0.29, 0.717) is 32.9 Å². The number of nitrogens with zero attached hydrogens (tertiary/aromatic N) is 1. The van der Waals surface area contributed by atoms with Gasteiger partial charge in [0.15, 0.2) is 0 Å². The van der Waals surface area contributed by atoms with Gasteiger partial charge >= 0.3 is 0 Å². The molecule has 0 rings (SSSR count). The zero-order valence-corrected chi connectivity index (χ0v) is 10.1. The molecule has 0 N–H and O–H groups in total. The van der Waals surface area contributed by atoms with Crippen LogP contribution in [0.1, 0.15) is 0 Å². The van der Waals surface area contributed by atoms with Crippen LogP contribution in [0.4, 0.5) is 0 Å². The van der Waals surface area contributed by atoms with Gasteiger partial charge in [0, 0.05) is 27.3 Å². The lowest BCUT2D eigenvalue weighted by atomic mass is 10.4. The number of rotatable bonds is 10. The van der Waals surface area contributed by atoms with Crippen molar-refractivity contribution in [2.75, 3.05) is 53.7 Å². The molecular formula is C11H21NO4. The molecule has 0 aliphatic carbocycles. The van der Waals surface area contributed by atoms with E-state index in [2.05, 4.69) is 6.58 Å². The maximum absolute atomic E-state index is 11.7. The van der Waals surface area contributed by atoms with E-state index in [1.54, 1.807) is 25.2 Å². The molecule has 16 heavy (non-hydrogen) atoms. The van der Waals surface area contributed by atoms with Crippen molar-refractivity contribution < 1.29 is 19.0 Å². The van der Waals surface area contributed by atoms with Crippen LogP contribution >= 0.6 is 0 Å². The Morgan fingerprint density at radius 2 is 1.94 bits per heavy atom. The summed E-state index contributed by atoms with van der Waals surface area (Å²) in [5.41, 5.74) is 0. The molecule has 0 bridgehead atoms. The lowest BCUT2D eigenvalue weighted by Crippen LogP contribution is -2.36. The highest BCUT2D eigenvalue weighted by Gasteiger charge is 2.11. The van der Waals surface area contributed by atoms with Crippen LogP contribution in [0.25, 0.3) is 0 Å². The molecule has 0 aliphatic rings. The van der Waals surface area contributed by atoms with Crippen LogP contribution in [-0.4, -0.2) is 64.5 Å². The van der Waals surface area contributed by atoms with E-state index in [-0.39, 0.29) is 12.5 Å². The first-order valence-corrected chi connectivity index (χ1v) is 5.20. The second-order valence-electron chi connectivity index (χ2n) is 3.17. The molecule has 0 atom stereocenters. The molecule has 5 heteroatoms. The van der Waals surface area contributed by atoms with E-state index >= 15 is 0 Å². The molecule has 0 fully saturated rings. The van der Waals surface area contributed by atoms with Crippen LogP contribution in [0.15, 0.2) is 12.7 Å². The predicted octanol–water partition coefficient (Wildman–Crippen LogP) is 0.310. The highest BCUT2D eigenvalue weighted by Crippen LogP contribution is 1.92. The molecule has 0 heterocycles. The van der Waals surface area contributed by atoms with Gasteiger partial charge in [-0.25, -0.2) is 0 Å². The minimum absolute atomic E-state index is 0.0620. The van der Waals surface area contributed by atoms with Crippen molar-refractivity contribution >= 4 is 5.91 Å². The van der Waals surface area contributed by atoms with Gasteiger partial charge in [-0.1, -0.05) is 6.08 Å². The summed E-state index contributed by atoms with van der Waals surface area (Å²) >= 11 is 0. The highest BCUT2D eigenvalue weighted by molar-refractivity contribution is 5.77. The van der Waals surface area contributed by atoms with Gasteiger partial charge in [-0.05, 0) is 0 Å². The number of amides is 1. The van der Waals surface area contributed by atoms with Gasteiger partial charge in [-0.15, -0.1) is 6.58 Å². The van der Waals surface area contributed by atoms with Gasteiger partial charge in [-0.2, -0.15) is 0 Å². The summed E-state index contributed by atoms with van der Waals surface area (Å²) in [6.07, 6.45) is 1.68. The second-order valence-corrected chi connectivity index (χ2v) is 3.17. The SMILES string of the molecule is C=CCN(CCOC)C(=O)COCCOC. The number of hydrogen-bond donors (Lipinski definition) is 0. The van der Waals surface area contributed by atoms with Crippen LogP contribution < -0.4 is 0 Å². The zero-order valence-electron chi connectivity index (χ0n) is 10.1. The third-order valence-corrected chi connectivity index (χ3v) is 1.92. The summed E-state index contributed by atoms with van der Waals surface area (Å²) in [5, 5.41) is 0. The normalized spacial score (nSPS) is 10.1. The maximum Gasteiger partial charge on any atom is 0.248 e. The van der Waals surface area contributed by atoms with Crippen LogP contribution in [0.3, 0.4) is 0 Å². The Kier molecular flexibility index (Phi) is 10.00. The summed E-state index contributed by atoms with van der Waals surface area (Å²) in [6.45, 7) is 6.17. The lowest BCUT2D eigenvalue weighted by molar-refractivity contribution is -0.136. The summed E-state index contributed by atoms with van der Waals surface area (Å²) in [6, 6.07) is 0. The molecular weight excluding hydrogens is 210 g/mol. The molecule has 0 aromatic heterocycles. The molecule has 0 spiro atoms. The fourth-order valence-corrected chi connectivity index (χ4v) is 1.07. The van der Waals surface area contributed by atoms with Gasteiger partial charge < -0.3 is 19.1 Å². The molecule has 0 radical (unpaired) electrons. The molecule has 94 valence electrons. The number of hydrogen-bond acceptors (Lipinski definition) is 4. The minimum Gasteiger partial charge on any atom is -0.383 e. The topological polar surface area (TPSA) is 48.0 Å². The fraction of sp³-hybridized carbons (Fsp3) is 0.727. The zero-order chi connectivity index (χ0) is 12.2. The molecule has 5 nitrogen and oxygen atoms in total. The smallest absolute Gasteiger partial charge is 0.248 e. The second kappa shape index (κ2) is 10.6. The Balaban J connectivity index is 3.81. The van der Waals surface area contributed by atoms with E-state index in [1.807, 2.05) is 0 Å². The van der Waals surface area contributed by atoms with Gasteiger partial charge in [-0.3, -0.25) is 4.79 Å². The number of ether oxygens (including phenoxy) is 3. The summed E-state index contributed by atoms with van der Waals surface area (Å²) < 4.78 is 14.9. The first kappa shape index (κ1) is 15.1. The maximum atomic E-state index is 11.7. The molecule has 0 aromatic carbocycles. The monoisotopic (exact) mass is 231 g/mol. The van der Waals surface area contributed by atoms with Crippen LogP contribution in [0.5, 0.6) is 0 Å². The Morgan fingerprint density at radius 3 is 2.50 bits per heavy atom. The highest BCUT2D eigenvalue weighted by atomic mass is 16.5. The van der Waals surface area contributed by atoms with E-state index in [0.717, 1.165) is 0 Å². The molecule has 0 saturated heterocycles. The average Bonchev–Trinajstić information content (AvgIpc) is 2.29. The van der Waals surface area contributed by atoms with E-state index in [9.17, 15) is 4.79 Å². The molecule has 0 aromatic rings. The van der Waals surface area contributed by atoms with Gasteiger partial charge in [0.25, 0.3) is 0 Å². The average molecular weight is 231 g/mol.